The second-order valence-corrected chi connectivity index (χ2v) is 6.31. The molecule has 1 fully saturated rings. The van der Waals surface area contributed by atoms with E-state index in [-0.39, 0.29) is 11.8 Å². The fraction of sp³-hybridized carbons (Fsp3) is 0.571. The Hall–Kier alpha value is -1.43. The van der Waals surface area contributed by atoms with Crippen molar-refractivity contribution in [1.82, 2.24) is 0 Å². The summed E-state index contributed by atoms with van der Waals surface area (Å²) in [4.78, 5) is 10.6. The van der Waals surface area contributed by atoms with E-state index in [2.05, 4.69) is 5.32 Å². The fourth-order valence-corrected chi connectivity index (χ4v) is 3.27. The number of nitro groups is 1. The van der Waals surface area contributed by atoms with Crippen molar-refractivity contribution < 1.29 is 9.66 Å². The molecule has 1 N–H and O–H groups in total. The van der Waals surface area contributed by atoms with E-state index < -0.39 is 4.92 Å². The maximum Gasteiger partial charge on any atom is 0.311 e. The highest BCUT2D eigenvalue weighted by Crippen LogP contribution is 2.32. The van der Waals surface area contributed by atoms with Gasteiger partial charge in [0.2, 0.25) is 0 Å². The minimum Gasteiger partial charge on any atom is -0.484 e. The zero-order valence-electron chi connectivity index (χ0n) is 11.8. The normalized spacial score (nSPS) is 18.9. The number of nitro benzene ring substituents is 1. The second kappa shape index (κ2) is 6.83. The van der Waals surface area contributed by atoms with Gasteiger partial charge in [0.1, 0.15) is 0 Å². The molecule has 1 aliphatic heterocycles. The van der Waals surface area contributed by atoms with Gasteiger partial charge in [-0.3, -0.25) is 10.1 Å². The Morgan fingerprint density at radius 3 is 2.90 bits per heavy atom. The molecule has 6 heteroatoms. The Bertz CT molecular complexity index is 473. The van der Waals surface area contributed by atoms with Crippen LogP contribution in [0.3, 0.4) is 0 Å². The highest BCUT2D eigenvalue weighted by molar-refractivity contribution is 7.99. The van der Waals surface area contributed by atoms with E-state index in [1.807, 2.05) is 25.6 Å². The van der Waals surface area contributed by atoms with Crippen LogP contribution in [-0.2, 0) is 0 Å². The predicted octanol–water partition coefficient (Wildman–Crippen LogP) is 3.69. The summed E-state index contributed by atoms with van der Waals surface area (Å²) in [6, 6.07) is 5.43. The van der Waals surface area contributed by atoms with Crippen LogP contribution in [-0.4, -0.2) is 28.6 Å². The summed E-state index contributed by atoms with van der Waals surface area (Å²) >= 11 is 1.94. The third-order valence-corrected chi connectivity index (χ3v) is 4.27. The van der Waals surface area contributed by atoms with Crippen LogP contribution in [0.25, 0.3) is 0 Å². The number of hydrogen-bond donors (Lipinski definition) is 1. The molecule has 0 aromatic heterocycles. The van der Waals surface area contributed by atoms with Crippen LogP contribution in [0.15, 0.2) is 18.2 Å². The number of nitrogens with zero attached hydrogens (tertiary/aromatic N) is 1. The second-order valence-electron chi connectivity index (χ2n) is 5.16. The molecule has 1 aromatic rings. The minimum atomic E-state index is -0.405. The smallest absolute Gasteiger partial charge is 0.311 e. The molecular weight excluding hydrogens is 276 g/mol. The van der Waals surface area contributed by atoms with Gasteiger partial charge in [0.05, 0.1) is 11.0 Å². The van der Waals surface area contributed by atoms with Crippen molar-refractivity contribution in [2.45, 2.75) is 38.8 Å². The van der Waals surface area contributed by atoms with Gasteiger partial charge in [-0.2, -0.15) is 11.8 Å². The van der Waals surface area contributed by atoms with Crippen LogP contribution in [0.1, 0.15) is 26.7 Å². The van der Waals surface area contributed by atoms with Gasteiger partial charge < -0.3 is 10.1 Å². The molecule has 0 aliphatic carbocycles. The fourth-order valence-electron chi connectivity index (χ4n) is 2.19. The first-order valence-corrected chi connectivity index (χ1v) is 8.01. The number of benzene rings is 1. The highest BCUT2D eigenvalue weighted by Gasteiger charge is 2.19. The lowest BCUT2D eigenvalue weighted by Gasteiger charge is -2.23. The third kappa shape index (κ3) is 4.03. The van der Waals surface area contributed by atoms with E-state index in [0.717, 1.165) is 17.9 Å². The molecule has 20 heavy (non-hydrogen) atoms. The molecule has 0 radical (unpaired) electrons. The molecule has 0 saturated carbocycles. The maximum atomic E-state index is 11.0. The topological polar surface area (TPSA) is 64.4 Å². The predicted molar refractivity (Wildman–Crippen MR) is 82.8 cm³/mol. The molecule has 1 saturated heterocycles. The molecule has 1 aromatic carbocycles. The number of rotatable bonds is 5. The average molecular weight is 296 g/mol. The Labute approximate surface area is 123 Å². The Morgan fingerprint density at radius 2 is 2.30 bits per heavy atom. The van der Waals surface area contributed by atoms with Crippen LogP contribution < -0.4 is 10.1 Å². The summed E-state index contributed by atoms with van der Waals surface area (Å²) in [6.45, 7) is 3.73. The van der Waals surface area contributed by atoms with Crippen molar-refractivity contribution in [3.63, 3.8) is 0 Å². The zero-order valence-corrected chi connectivity index (χ0v) is 12.6. The summed E-state index contributed by atoms with van der Waals surface area (Å²) in [5.74, 6) is 2.63. The molecule has 1 heterocycles. The van der Waals surface area contributed by atoms with Crippen LogP contribution in [0.2, 0.25) is 0 Å². The highest BCUT2D eigenvalue weighted by atomic mass is 32.2. The first-order chi connectivity index (χ1) is 9.56. The van der Waals surface area contributed by atoms with Crippen LogP contribution in [0.4, 0.5) is 11.4 Å². The lowest BCUT2D eigenvalue weighted by Crippen LogP contribution is -2.25. The summed E-state index contributed by atoms with van der Waals surface area (Å²) in [6.07, 6.45) is 2.27. The van der Waals surface area contributed by atoms with Gasteiger partial charge in [0, 0.05) is 29.6 Å². The Balaban J connectivity index is 2.15. The first kappa shape index (κ1) is 15.0. The van der Waals surface area contributed by atoms with Crippen molar-refractivity contribution in [3.05, 3.63) is 28.3 Å². The maximum absolute atomic E-state index is 11.0. The summed E-state index contributed by atoms with van der Waals surface area (Å²) in [5.41, 5.74) is 0.904. The van der Waals surface area contributed by atoms with Gasteiger partial charge in [-0.25, -0.2) is 0 Å². The van der Waals surface area contributed by atoms with Crippen molar-refractivity contribution in [2.75, 3.05) is 16.8 Å². The molecule has 0 spiro atoms. The number of ether oxygens (including phenoxy) is 1. The number of anilines is 1. The molecule has 0 bridgehead atoms. The monoisotopic (exact) mass is 296 g/mol. The molecule has 1 aliphatic rings. The van der Waals surface area contributed by atoms with Crippen molar-refractivity contribution in [2.24, 2.45) is 0 Å². The molecule has 0 amide bonds. The van der Waals surface area contributed by atoms with Crippen LogP contribution in [0, 0.1) is 10.1 Å². The van der Waals surface area contributed by atoms with Crippen LogP contribution >= 0.6 is 11.8 Å². The zero-order chi connectivity index (χ0) is 14.5. The van der Waals surface area contributed by atoms with Gasteiger partial charge in [-0.15, -0.1) is 0 Å². The number of hydrogen-bond acceptors (Lipinski definition) is 5. The van der Waals surface area contributed by atoms with Crippen molar-refractivity contribution >= 4 is 23.1 Å². The molecule has 1 unspecified atom stereocenters. The van der Waals surface area contributed by atoms with E-state index in [0.29, 0.717) is 11.8 Å². The summed E-state index contributed by atoms with van der Waals surface area (Å²) in [5, 5.41) is 14.4. The van der Waals surface area contributed by atoms with Gasteiger partial charge in [0.15, 0.2) is 5.75 Å². The molecule has 5 nitrogen and oxygen atoms in total. The summed E-state index contributed by atoms with van der Waals surface area (Å²) < 4.78 is 5.55. The SMILES string of the molecule is CC(C)Oc1cc(NC2CCCSC2)ccc1[N+](=O)[O-]. The van der Waals surface area contributed by atoms with E-state index in [9.17, 15) is 10.1 Å². The first-order valence-electron chi connectivity index (χ1n) is 6.85. The lowest BCUT2D eigenvalue weighted by molar-refractivity contribution is -0.386. The molecular formula is C14H20N2O3S. The molecule has 110 valence electrons. The Morgan fingerprint density at radius 1 is 1.50 bits per heavy atom. The van der Waals surface area contributed by atoms with Gasteiger partial charge in [-0.05, 0) is 38.5 Å². The number of nitrogens with one attached hydrogen (secondary N) is 1. The van der Waals surface area contributed by atoms with Crippen molar-refractivity contribution in [3.8, 4) is 5.75 Å². The van der Waals surface area contributed by atoms with E-state index in [1.165, 1.54) is 18.2 Å². The van der Waals surface area contributed by atoms with E-state index in [1.54, 1.807) is 12.1 Å². The van der Waals surface area contributed by atoms with Crippen LogP contribution in [0.5, 0.6) is 5.75 Å². The quantitative estimate of drug-likeness (QED) is 0.663. The molecule has 2 rings (SSSR count). The minimum absolute atomic E-state index is 0.0160. The van der Waals surface area contributed by atoms with E-state index in [4.69, 9.17) is 4.74 Å². The standard InChI is InChI=1S/C14H20N2O3S/c1-10(2)19-14-8-11(5-6-13(14)16(17)18)15-12-4-3-7-20-9-12/h5-6,8,10,12,15H,3-4,7,9H2,1-2H3. The largest absolute Gasteiger partial charge is 0.484 e. The summed E-state index contributed by atoms with van der Waals surface area (Å²) in [7, 11) is 0. The lowest BCUT2D eigenvalue weighted by atomic mass is 10.1. The van der Waals surface area contributed by atoms with Crippen molar-refractivity contribution in [1.29, 1.82) is 0 Å². The van der Waals surface area contributed by atoms with Gasteiger partial charge in [0.25, 0.3) is 0 Å². The Kier molecular flexibility index (Phi) is 5.11. The third-order valence-electron chi connectivity index (χ3n) is 3.05. The van der Waals surface area contributed by atoms with E-state index >= 15 is 0 Å². The van der Waals surface area contributed by atoms with Gasteiger partial charge >= 0.3 is 5.69 Å². The van der Waals surface area contributed by atoms with Gasteiger partial charge in [-0.1, -0.05) is 0 Å². The number of thioether (sulfide) groups is 1. The molecule has 1 atom stereocenters. The average Bonchev–Trinajstić information content (AvgIpc) is 2.39.